The fraction of sp³-hybridized carbons (Fsp3) is 0.467. The normalized spacial score (nSPS) is 21.7. The summed E-state index contributed by atoms with van der Waals surface area (Å²) in [7, 11) is 1.59. The summed E-state index contributed by atoms with van der Waals surface area (Å²) in [5, 5.41) is 10.1. The Kier molecular flexibility index (Phi) is 7.54. The molecule has 1 aliphatic carbocycles. The van der Waals surface area contributed by atoms with E-state index in [1.807, 2.05) is 31.2 Å². The SMILES string of the molecule is COc1ccccc1[C@H](Cn1c(=O)n(C2CC(C)(C(=O)O)C2)c(=O)c2c(C)c(-c3ncco3)sc21)OC1CCOCC1. The van der Waals surface area contributed by atoms with Crippen LogP contribution in [0.25, 0.3) is 21.0 Å². The third kappa shape index (κ3) is 4.87. The van der Waals surface area contributed by atoms with Crippen molar-refractivity contribution in [1.82, 2.24) is 14.1 Å². The van der Waals surface area contributed by atoms with Gasteiger partial charge in [-0.3, -0.25) is 18.7 Å². The minimum atomic E-state index is -0.991. The number of aryl methyl sites for hydroxylation is 1. The van der Waals surface area contributed by atoms with Gasteiger partial charge in [0.25, 0.3) is 5.56 Å². The number of nitrogens with zero attached hydrogens (tertiary/aromatic N) is 3. The molecule has 42 heavy (non-hydrogen) atoms. The summed E-state index contributed by atoms with van der Waals surface area (Å²) in [6.45, 7) is 4.75. The van der Waals surface area contributed by atoms with Crippen LogP contribution in [0, 0.1) is 12.3 Å². The van der Waals surface area contributed by atoms with Crippen LogP contribution in [0.2, 0.25) is 0 Å². The number of hydrogen-bond acceptors (Lipinski definition) is 9. The number of hydrogen-bond donors (Lipinski definition) is 1. The Bertz CT molecular complexity index is 1730. The molecule has 0 bridgehead atoms. The van der Waals surface area contributed by atoms with Gasteiger partial charge in [-0.25, -0.2) is 9.78 Å². The first-order valence-electron chi connectivity index (χ1n) is 14.0. The molecule has 1 saturated carbocycles. The molecule has 12 heteroatoms. The van der Waals surface area contributed by atoms with Gasteiger partial charge in [0.05, 0.1) is 41.6 Å². The molecule has 11 nitrogen and oxygen atoms in total. The van der Waals surface area contributed by atoms with Crippen LogP contribution in [0.4, 0.5) is 0 Å². The predicted octanol–water partition coefficient (Wildman–Crippen LogP) is 4.56. The average molecular weight is 596 g/mol. The van der Waals surface area contributed by atoms with Crippen LogP contribution in [0.3, 0.4) is 0 Å². The highest BCUT2D eigenvalue weighted by Crippen LogP contribution is 2.48. The predicted molar refractivity (Wildman–Crippen MR) is 155 cm³/mol. The largest absolute Gasteiger partial charge is 0.496 e. The Labute approximate surface area is 245 Å². The van der Waals surface area contributed by atoms with Crippen molar-refractivity contribution in [2.45, 2.75) is 64.3 Å². The standard InChI is InChI=1S/C30H33N3O8S/c1-17-23-26(34)33(18-14-30(2,15-18)28(35)36)29(37)32(27(23)42-24(17)25-31-10-13-40-25)16-22(41-19-8-11-39-12-9-19)20-6-4-5-7-21(20)38-3/h4-7,10,13,18-19,22H,8-9,11-12,14-16H2,1-3H3,(H,35,36)/t18?,22-,30?/m0/s1. The van der Waals surface area contributed by atoms with Gasteiger partial charge in [0, 0.05) is 24.8 Å². The van der Waals surface area contributed by atoms with Gasteiger partial charge in [-0.1, -0.05) is 18.2 Å². The number of ether oxygens (including phenoxy) is 3. The quantitative estimate of drug-likeness (QED) is 0.295. The summed E-state index contributed by atoms with van der Waals surface area (Å²) >= 11 is 1.27. The fourth-order valence-electron chi connectivity index (χ4n) is 6.08. The maximum absolute atomic E-state index is 14.3. The first-order valence-corrected chi connectivity index (χ1v) is 14.8. The van der Waals surface area contributed by atoms with Crippen molar-refractivity contribution < 1.29 is 28.5 Å². The van der Waals surface area contributed by atoms with E-state index in [1.165, 1.54) is 28.4 Å². The summed E-state index contributed by atoms with van der Waals surface area (Å²) in [6, 6.07) is 7.01. The number of rotatable bonds is 9. The lowest BCUT2D eigenvalue weighted by molar-refractivity contribution is -0.155. The zero-order valence-corrected chi connectivity index (χ0v) is 24.5. The van der Waals surface area contributed by atoms with E-state index < -0.39 is 34.8 Å². The minimum Gasteiger partial charge on any atom is -0.496 e. The highest BCUT2D eigenvalue weighted by molar-refractivity contribution is 7.22. The second-order valence-electron chi connectivity index (χ2n) is 11.2. The van der Waals surface area contributed by atoms with Crippen molar-refractivity contribution >= 4 is 27.5 Å². The fourth-order valence-corrected chi connectivity index (χ4v) is 7.32. The summed E-state index contributed by atoms with van der Waals surface area (Å²) in [4.78, 5) is 45.5. The molecule has 1 atom stereocenters. The van der Waals surface area contributed by atoms with Gasteiger partial charge in [0.2, 0.25) is 5.89 Å². The lowest BCUT2D eigenvalue weighted by Gasteiger charge is -2.42. The Morgan fingerprint density at radius 2 is 1.98 bits per heavy atom. The molecule has 3 aromatic heterocycles. The van der Waals surface area contributed by atoms with E-state index in [2.05, 4.69) is 4.98 Å². The summed E-state index contributed by atoms with van der Waals surface area (Å²) in [5.41, 5.74) is -0.484. The summed E-state index contributed by atoms with van der Waals surface area (Å²) in [6.07, 6.45) is 4.16. The lowest BCUT2D eigenvalue weighted by Crippen LogP contribution is -2.51. The first-order chi connectivity index (χ1) is 20.2. The summed E-state index contributed by atoms with van der Waals surface area (Å²) in [5.74, 6) is 0.0545. The third-order valence-corrected chi connectivity index (χ3v) is 9.79. The van der Waals surface area contributed by atoms with Crippen molar-refractivity contribution in [3.05, 3.63) is 68.7 Å². The Balaban J connectivity index is 1.52. The van der Waals surface area contributed by atoms with Crippen LogP contribution in [0.15, 0.2) is 50.7 Å². The molecule has 1 N–H and O–H groups in total. The van der Waals surface area contributed by atoms with Gasteiger partial charge in [-0.15, -0.1) is 11.3 Å². The van der Waals surface area contributed by atoms with Crippen molar-refractivity contribution in [3.63, 3.8) is 0 Å². The molecule has 4 heterocycles. The smallest absolute Gasteiger partial charge is 0.332 e. The Morgan fingerprint density at radius 3 is 2.64 bits per heavy atom. The average Bonchev–Trinajstić information content (AvgIpc) is 3.62. The van der Waals surface area contributed by atoms with E-state index in [1.54, 1.807) is 18.6 Å². The van der Waals surface area contributed by atoms with E-state index in [-0.39, 0.29) is 25.5 Å². The van der Waals surface area contributed by atoms with E-state index in [0.29, 0.717) is 45.5 Å². The van der Waals surface area contributed by atoms with E-state index in [4.69, 9.17) is 18.6 Å². The number of thiophene rings is 1. The number of fused-ring (bicyclic) bond motifs is 1. The zero-order chi connectivity index (χ0) is 29.6. The van der Waals surface area contributed by atoms with Crippen LogP contribution in [0.5, 0.6) is 5.75 Å². The molecule has 1 saturated heterocycles. The molecule has 1 aromatic carbocycles. The first kappa shape index (κ1) is 28.4. The van der Waals surface area contributed by atoms with Crippen molar-refractivity contribution in [2.75, 3.05) is 20.3 Å². The number of benzene rings is 1. The van der Waals surface area contributed by atoms with Crippen molar-refractivity contribution in [1.29, 1.82) is 0 Å². The maximum Gasteiger partial charge on any atom is 0.332 e. The zero-order valence-electron chi connectivity index (χ0n) is 23.7. The molecule has 2 fully saturated rings. The molecular weight excluding hydrogens is 562 g/mol. The molecule has 0 radical (unpaired) electrons. The highest BCUT2D eigenvalue weighted by atomic mass is 32.1. The van der Waals surface area contributed by atoms with Crippen LogP contribution in [0.1, 0.15) is 55.9 Å². The monoisotopic (exact) mass is 595 g/mol. The van der Waals surface area contributed by atoms with Gasteiger partial charge in [0.1, 0.15) is 22.9 Å². The van der Waals surface area contributed by atoms with E-state index in [0.717, 1.165) is 18.4 Å². The van der Waals surface area contributed by atoms with Crippen molar-refractivity contribution in [3.8, 4) is 16.5 Å². The third-order valence-electron chi connectivity index (χ3n) is 8.48. The van der Waals surface area contributed by atoms with Crippen molar-refractivity contribution in [2.24, 2.45) is 5.41 Å². The number of aliphatic carboxylic acids is 1. The molecule has 0 amide bonds. The topological polar surface area (TPSA) is 135 Å². The molecule has 4 aromatic rings. The van der Waals surface area contributed by atoms with E-state index >= 15 is 0 Å². The number of aromatic nitrogens is 3. The molecule has 1 aliphatic heterocycles. The van der Waals surface area contributed by atoms with Crippen LogP contribution in [-0.4, -0.2) is 51.6 Å². The highest BCUT2D eigenvalue weighted by Gasteiger charge is 2.48. The molecule has 2 aliphatic rings. The number of methoxy groups -OCH3 is 1. The molecule has 222 valence electrons. The van der Waals surface area contributed by atoms with Gasteiger partial charge in [-0.2, -0.15) is 0 Å². The number of carbonyl (C=O) groups is 1. The molecule has 0 spiro atoms. The number of carboxylic acid groups (broad SMARTS) is 1. The van der Waals surface area contributed by atoms with E-state index in [9.17, 15) is 19.5 Å². The molecule has 0 unspecified atom stereocenters. The van der Waals surface area contributed by atoms with Gasteiger partial charge >= 0.3 is 11.7 Å². The van der Waals surface area contributed by atoms with Gasteiger partial charge in [-0.05, 0) is 51.2 Å². The second-order valence-corrected chi connectivity index (χ2v) is 12.2. The lowest BCUT2D eigenvalue weighted by atomic mass is 9.67. The van der Waals surface area contributed by atoms with Crippen LogP contribution in [-0.2, 0) is 20.8 Å². The number of carboxylic acids is 1. The van der Waals surface area contributed by atoms with Crippen LogP contribution >= 0.6 is 11.3 Å². The Morgan fingerprint density at radius 1 is 1.24 bits per heavy atom. The second kappa shape index (κ2) is 11.2. The summed E-state index contributed by atoms with van der Waals surface area (Å²) < 4.78 is 26.3. The number of oxazole rings is 1. The maximum atomic E-state index is 14.3. The Hall–Kier alpha value is -3.74. The van der Waals surface area contributed by atoms with Gasteiger partial charge in [0.15, 0.2) is 0 Å². The van der Waals surface area contributed by atoms with Crippen LogP contribution < -0.4 is 16.0 Å². The molecule has 6 rings (SSSR count). The number of para-hydroxylation sites is 1. The minimum absolute atomic E-state index is 0.0818. The molecular formula is C30H33N3O8S. The van der Waals surface area contributed by atoms with Gasteiger partial charge < -0.3 is 23.7 Å².